The predicted molar refractivity (Wildman–Crippen MR) is 60.0 cm³/mol. The van der Waals surface area contributed by atoms with Crippen molar-refractivity contribution in [3.8, 4) is 5.88 Å². The van der Waals surface area contributed by atoms with Crippen LogP contribution in [0.4, 0.5) is 0 Å². The SMILES string of the molecule is COc1cnc(C(C)=C(C)S(N)(=O)=O)cn1. The average molecular weight is 243 g/mol. The fraction of sp³-hybridized carbons (Fsp3) is 0.333. The molecular formula is C9H13N3O3S. The van der Waals surface area contributed by atoms with Crippen molar-refractivity contribution in [3.05, 3.63) is 23.0 Å². The van der Waals surface area contributed by atoms with Crippen molar-refractivity contribution in [1.29, 1.82) is 0 Å². The summed E-state index contributed by atoms with van der Waals surface area (Å²) in [6.45, 7) is 3.05. The predicted octanol–water partition coefficient (Wildman–Crippen LogP) is 0.525. The van der Waals surface area contributed by atoms with Gasteiger partial charge in [0, 0.05) is 0 Å². The van der Waals surface area contributed by atoms with Crippen LogP contribution in [0.3, 0.4) is 0 Å². The molecule has 0 radical (unpaired) electrons. The summed E-state index contributed by atoms with van der Waals surface area (Å²) in [6.07, 6.45) is 2.85. The molecule has 7 heteroatoms. The van der Waals surface area contributed by atoms with E-state index >= 15 is 0 Å². The Bertz CT molecular complexity index is 505. The number of primary sulfonamides is 1. The van der Waals surface area contributed by atoms with E-state index < -0.39 is 10.0 Å². The van der Waals surface area contributed by atoms with Gasteiger partial charge in [-0.05, 0) is 19.4 Å². The maximum Gasteiger partial charge on any atom is 0.234 e. The molecule has 1 rings (SSSR count). The fourth-order valence-corrected chi connectivity index (χ4v) is 1.54. The summed E-state index contributed by atoms with van der Waals surface area (Å²) >= 11 is 0. The van der Waals surface area contributed by atoms with Crippen LogP contribution in [0.1, 0.15) is 19.5 Å². The number of nitrogens with zero attached hydrogens (tertiary/aromatic N) is 2. The molecule has 0 saturated carbocycles. The molecule has 1 aromatic heterocycles. The molecule has 0 atom stereocenters. The first kappa shape index (κ1) is 12.6. The molecule has 0 aromatic carbocycles. The van der Waals surface area contributed by atoms with Crippen LogP contribution in [0.15, 0.2) is 17.3 Å². The summed E-state index contributed by atoms with van der Waals surface area (Å²) in [4.78, 5) is 8.02. The minimum Gasteiger partial charge on any atom is -0.480 e. The Hall–Kier alpha value is -1.47. The highest BCUT2D eigenvalue weighted by molar-refractivity contribution is 7.93. The number of methoxy groups -OCH3 is 1. The first-order valence-electron chi connectivity index (χ1n) is 4.43. The Morgan fingerprint density at radius 3 is 2.31 bits per heavy atom. The molecule has 0 fully saturated rings. The summed E-state index contributed by atoms with van der Waals surface area (Å²) in [6, 6.07) is 0. The van der Waals surface area contributed by atoms with Gasteiger partial charge in [0.1, 0.15) is 0 Å². The van der Waals surface area contributed by atoms with Crippen LogP contribution < -0.4 is 9.88 Å². The van der Waals surface area contributed by atoms with Gasteiger partial charge in [-0.2, -0.15) is 0 Å². The first-order chi connectivity index (χ1) is 7.36. The van der Waals surface area contributed by atoms with Gasteiger partial charge in [-0.1, -0.05) is 0 Å². The lowest BCUT2D eigenvalue weighted by Crippen LogP contribution is -2.14. The minimum atomic E-state index is -3.69. The summed E-state index contributed by atoms with van der Waals surface area (Å²) in [5.74, 6) is 0.366. The Kier molecular flexibility index (Phi) is 3.61. The number of ether oxygens (including phenoxy) is 1. The summed E-state index contributed by atoms with van der Waals surface area (Å²) in [5.41, 5.74) is 0.921. The Labute approximate surface area is 94.2 Å². The second-order valence-electron chi connectivity index (χ2n) is 3.17. The Morgan fingerprint density at radius 2 is 1.94 bits per heavy atom. The number of aromatic nitrogens is 2. The van der Waals surface area contributed by atoms with Crippen LogP contribution in [-0.2, 0) is 10.0 Å². The van der Waals surface area contributed by atoms with Crippen molar-refractivity contribution in [2.45, 2.75) is 13.8 Å². The number of rotatable bonds is 3. The second-order valence-corrected chi connectivity index (χ2v) is 4.87. The largest absolute Gasteiger partial charge is 0.480 e. The lowest BCUT2D eigenvalue weighted by molar-refractivity contribution is 0.395. The highest BCUT2D eigenvalue weighted by atomic mass is 32.2. The van der Waals surface area contributed by atoms with Gasteiger partial charge in [-0.25, -0.2) is 23.5 Å². The monoisotopic (exact) mass is 243 g/mol. The van der Waals surface area contributed by atoms with Gasteiger partial charge in [0.05, 0.1) is 30.1 Å². The molecule has 1 heterocycles. The zero-order chi connectivity index (χ0) is 12.3. The summed E-state index contributed by atoms with van der Waals surface area (Å²) in [5, 5.41) is 5.01. The Morgan fingerprint density at radius 1 is 1.31 bits per heavy atom. The quantitative estimate of drug-likeness (QED) is 0.835. The minimum absolute atomic E-state index is 0.0759. The maximum atomic E-state index is 11.1. The van der Waals surface area contributed by atoms with Crippen molar-refractivity contribution in [2.24, 2.45) is 5.14 Å². The lowest BCUT2D eigenvalue weighted by atomic mass is 10.2. The molecule has 1 aromatic rings. The van der Waals surface area contributed by atoms with Gasteiger partial charge in [0.15, 0.2) is 0 Å². The van der Waals surface area contributed by atoms with Crippen molar-refractivity contribution < 1.29 is 13.2 Å². The van der Waals surface area contributed by atoms with E-state index in [9.17, 15) is 8.42 Å². The molecule has 88 valence electrons. The number of sulfonamides is 1. The highest BCUT2D eigenvalue weighted by Gasteiger charge is 2.12. The number of hydrogen-bond donors (Lipinski definition) is 1. The third-order valence-corrected chi connectivity index (χ3v) is 3.34. The van der Waals surface area contributed by atoms with E-state index in [1.54, 1.807) is 6.92 Å². The van der Waals surface area contributed by atoms with Crippen molar-refractivity contribution in [2.75, 3.05) is 7.11 Å². The molecule has 16 heavy (non-hydrogen) atoms. The molecule has 0 aliphatic heterocycles. The van der Waals surface area contributed by atoms with E-state index in [-0.39, 0.29) is 4.91 Å². The van der Waals surface area contributed by atoms with E-state index in [2.05, 4.69) is 9.97 Å². The normalized spacial score (nSPS) is 13.2. The van der Waals surface area contributed by atoms with E-state index in [4.69, 9.17) is 9.88 Å². The number of hydrogen-bond acceptors (Lipinski definition) is 5. The molecule has 0 aliphatic rings. The Balaban J connectivity index is 3.19. The van der Waals surface area contributed by atoms with Gasteiger partial charge in [0.25, 0.3) is 0 Å². The molecule has 0 aliphatic carbocycles. The van der Waals surface area contributed by atoms with Gasteiger partial charge in [-0.3, -0.25) is 0 Å². The number of nitrogens with two attached hydrogens (primary N) is 1. The van der Waals surface area contributed by atoms with Crippen LogP contribution >= 0.6 is 0 Å². The molecule has 2 N–H and O–H groups in total. The third-order valence-electron chi connectivity index (χ3n) is 2.18. The molecule has 6 nitrogen and oxygen atoms in total. The second kappa shape index (κ2) is 4.58. The molecular weight excluding hydrogens is 230 g/mol. The molecule has 0 unspecified atom stereocenters. The van der Waals surface area contributed by atoms with E-state index in [1.165, 1.54) is 26.4 Å². The zero-order valence-corrected chi connectivity index (χ0v) is 10.1. The van der Waals surface area contributed by atoms with Gasteiger partial charge in [0.2, 0.25) is 15.9 Å². The van der Waals surface area contributed by atoms with Crippen molar-refractivity contribution >= 4 is 15.6 Å². The van der Waals surface area contributed by atoms with Crippen LogP contribution in [0.5, 0.6) is 5.88 Å². The van der Waals surface area contributed by atoms with Crippen LogP contribution in [0.25, 0.3) is 5.57 Å². The first-order valence-corrected chi connectivity index (χ1v) is 5.97. The molecule has 0 spiro atoms. The highest BCUT2D eigenvalue weighted by Crippen LogP contribution is 2.18. The topological polar surface area (TPSA) is 95.2 Å². The van der Waals surface area contributed by atoms with Crippen LogP contribution in [0.2, 0.25) is 0 Å². The van der Waals surface area contributed by atoms with Crippen LogP contribution in [-0.4, -0.2) is 25.5 Å². The van der Waals surface area contributed by atoms with E-state index in [0.29, 0.717) is 17.1 Å². The average Bonchev–Trinajstić information content (AvgIpc) is 2.26. The van der Waals surface area contributed by atoms with Gasteiger partial charge >= 0.3 is 0 Å². The number of allylic oxidation sites excluding steroid dienone is 2. The lowest BCUT2D eigenvalue weighted by Gasteiger charge is -2.05. The zero-order valence-electron chi connectivity index (χ0n) is 9.26. The van der Waals surface area contributed by atoms with E-state index in [0.717, 1.165) is 0 Å². The smallest absolute Gasteiger partial charge is 0.234 e. The summed E-state index contributed by atoms with van der Waals surface area (Å²) in [7, 11) is -2.21. The van der Waals surface area contributed by atoms with Crippen molar-refractivity contribution in [3.63, 3.8) is 0 Å². The van der Waals surface area contributed by atoms with Crippen LogP contribution in [0, 0.1) is 0 Å². The molecule has 0 bridgehead atoms. The van der Waals surface area contributed by atoms with Crippen molar-refractivity contribution in [1.82, 2.24) is 9.97 Å². The standard InChI is InChI=1S/C9H13N3O3S/c1-6(7(2)16(10,13)14)8-4-12-9(15-3)5-11-8/h4-5H,1-3H3,(H2,10,13,14). The van der Waals surface area contributed by atoms with Gasteiger partial charge < -0.3 is 4.74 Å². The molecule has 0 saturated heterocycles. The van der Waals surface area contributed by atoms with Gasteiger partial charge in [-0.15, -0.1) is 0 Å². The maximum absolute atomic E-state index is 11.1. The summed E-state index contributed by atoms with van der Waals surface area (Å²) < 4.78 is 27.1. The fourth-order valence-electron chi connectivity index (χ4n) is 1.01. The van der Waals surface area contributed by atoms with E-state index in [1.807, 2.05) is 0 Å². The third kappa shape index (κ3) is 2.77. The molecule has 0 amide bonds.